The van der Waals surface area contributed by atoms with Crippen molar-refractivity contribution >= 4 is 11.8 Å². The van der Waals surface area contributed by atoms with Crippen LogP contribution in [0.4, 0.5) is 0 Å². The fraction of sp³-hybridized carbons (Fsp3) is 0.750. The Balaban J connectivity index is 2.31. The van der Waals surface area contributed by atoms with E-state index in [2.05, 4.69) is 37.4 Å². The molecule has 1 fully saturated rings. The molecule has 0 aliphatic carbocycles. The largest absolute Gasteiger partial charge is 0.302 e. The summed E-state index contributed by atoms with van der Waals surface area (Å²) >= 11 is 2.00. The highest BCUT2D eigenvalue weighted by molar-refractivity contribution is 7.99. The van der Waals surface area contributed by atoms with E-state index in [1.165, 1.54) is 23.4 Å². The van der Waals surface area contributed by atoms with E-state index in [0.29, 0.717) is 5.37 Å². The maximum atomic E-state index is 4.62. The van der Waals surface area contributed by atoms with Crippen LogP contribution in [0.5, 0.6) is 0 Å². The van der Waals surface area contributed by atoms with Crippen LogP contribution in [0.1, 0.15) is 43.8 Å². The standard InChI is InChI=1S/C12H21N3S/c1-12(2,3)10-9(8-15(4)14-10)11-13-6-5-7-16-11/h8,11,13H,5-7H2,1-4H3. The first kappa shape index (κ1) is 12.0. The number of hydrogen-bond donors (Lipinski definition) is 1. The predicted molar refractivity (Wildman–Crippen MR) is 69.7 cm³/mol. The van der Waals surface area contributed by atoms with Crippen LogP contribution < -0.4 is 5.32 Å². The van der Waals surface area contributed by atoms with Gasteiger partial charge in [-0.05, 0) is 18.7 Å². The van der Waals surface area contributed by atoms with Crippen molar-refractivity contribution in [3.8, 4) is 0 Å². The number of thioether (sulfide) groups is 1. The smallest absolute Gasteiger partial charge is 0.0823 e. The first-order valence-corrected chi connectivity index (χ1v) is 6.92. The van der Waals surface area contributed by atoms with E-state index in [1.807, 2.05) is 23.5 Å². The molecule has 90 valence electrons. The summed E-state index contributed by atoms with van der Waals surface area (Å²) in [5, 5.41) is 8.62. The van der Waals surface area contributed by atoms with Gasteiger partial charge >= 0.3 is 0 Å². The van der Waals surface area contributed by atoms with Crippen molar-refractivity contribution in [2.45, 2.75) is 38.0 Å². The molecule has 1 unspecified atom stereocenters. The lowest BCUT2D eigenvalue weighted by molar-refractivity contribution is 0.540. The molecule has 1 aromatic heterocycles. The summed E-state index contributed by atoms with van der Waals surface area (Å²) in [6.07, 6.45) is 3.43. The van der Waals surface area contributed by atoms with E-state index in [0.717, 1.165) is 6.54 Å². The average molecular weight is 239 g/mol. The zero-order valence-electron chi connectivity index (χ0n) is 10.6. The number of rotatable bonds is 1. The third-order valence-corrected chi connectivity index (χ3v) is 4.06. The molecule has 2 heterocycles. The molecular weight excluding hydrogens is 218 g/mol. The van der Waals surface area contributed by atoms with Crippen LogP contribution in [0.25, 0.3) is 0 Å². The quantitative estimate of drug-likeness (QED) is 0.816. The van der Waals surface area contributed by atoms with Crippen molar-refractivity contribution in [3.05, 3.63) is 17.5 Å². The lowest BCUT2D eigenvalue weighted by Gasteiger charge is -2.26. The van der Waals surface area contributed by atoms with Gasteiger partial charge in [-0.25, -0.2) is 0 Å². The summed E-state index contributed by atoms with van der Waals surface area (Å²) in [5.41, 5.74) is 2.71. The molecule has 1 N–H and O–H groups in total. The SMILES string of the molecule is Cn1cc(C2NCCCS2)c(C(C)(C)C)n1. The molecule has 0 amide bonds. The second kappa shape index (κ2) is 4.41. The Morgan fingerprint density at radius 3 is 2.81 bits per heavy atom. The maximum absolute atomic E-state index is 4.62. The molecule has 1 atom stereocenters. The Kier molecular flexibility index (Phi) is 3.31. The maximum Gasteiger partial charge on any atom is 0.0823 e. The van der Waals surface area contributed by atoms with Crippen LogP contribution in [0.2, 0.25) is 0 Å². The van der Waals surface area contributed by atoms with Gasteiger partial charge < -0.3 is 5.32 Å². The van der Waals surface area contributed by atoms with Crippen molar-refractivity contribution < 1.29 is 0 Å². The molecule has 0 radical (unpaired) electrons. The van der Waals surface area contributed by atoms with Crippen molar-refractivity contribution in [1.29, 1.82) is 0 Å². The van der Waals surface area contributed by atoms with Crippen LogP contribution in [0.15, 0.2) is 6.20 Å². The molecule has 2 rings (SSSR count). The summed E-state index contributed by atoms with van der Waals surface area (Å²) in [4.78, 5) is 0. The number of aromatic nitrogens is 2. The Hall–Kier alpha value is -0.480. The van der Waals surface area contributed by atoms with Crippen molar-refractivity contribution in [1.82, 2.24) is 15.1 Å². The zero-order chi connectivity index (χ0) is 11.8. The molecule has 0 bridgehead atoms. The van der Waals surface area contributed by atoms with Crippen molar-refractivity contribution in [2.24, 2.45) is 7.05 Å². The lowest BCUT2D eigenvalue weighted by atomic mass is 9.89. The minimum atomic E-state index is 0.121. The molecule has 1 saturated heterocycles. The Morgan fingerprint density at radius 1 is 1.50 bits per heavy atom. The molecule has 1 aliphatic rings. The van der Waals surface area contributed by atoms with E-state index in [1.54, 1.807) is 0 Å². The molecule has 4 heteroatoms. The second-order valence-corrected chi connectivity index (χ2v) is 6.63. The van der Waals surface area contributed by atoms with E-state index < -0.39 is 0 Å². The number of nitrogens with zero attached hydrogens (tertiary/aromatic N) is 2. The Bertz CT molecular complexity index is 359. The normalized spacial score (nSPS) is 22.4. The minimum Gasteiger partial charge on any atom is -0.302 e. The summed E-state index contributed by atoms with van der Waals surface area (Å²) in [5.74, 6) is 1.25. The summed E-state index contributed by atoms with van der Waals surface area (Å²) in [6, 6.07) is 0. The van der Waals surface area contributed by atoms with Gasteiger partial charge in [0.25, 0.3) is 0 Å². The minimum absolute atomic E-state index is 0.121. The van der Waals surface area contributed by atoms with Crippen molar-refractivity contribution in [3.63, 3.8) is 0 Å². The summed E-state index contributed by atoms with van der Waals surface area (Å²) in [6.45, 7) is 7.81. The molecule has 1 aromatic rings. The molecule has 0 aromatic carbocycles. The Morgan fingerprint density at radius 2 is 2.25 bits per heavy atom. The topological polar surface area (TPSA) is 29.9 Å². The molecule has 0 spiro atoms. The highest BCUT2D eigenvalue weighted by Gasteiger charge is 2.27. The van der Waals surface area contributed by atoms with E-state index in [4.69, 9.17) is 0 Å². The van der Waals surface area contributed by atoms with Gasteiger partial charge in [0, 0.05) is 24.2 Å². The zero-order valence-corrected chi connectivity index (χ0v) is 11.4. The molecular formula is C12H21N3S. The van der Waals surface area contributed by atoms with Gasteiger partial charge in [0.2, 0.25) is 0 Å². The second-order valence-electron chi connectivity index (χ2n) is 5.42. The van der Waals surface area contributed by atoms with Gasteiger partial charge in [0.05, 0.1) is 11.1 Å². The highest BCUT2D eigenvalue weighted by Crippen LogP contribution is 2.35. The number of nitrogens with one attached hydrogen (secondary N) is 1. The number of hydrogen-bond acceptors (Lipinski definition) is 3. The molecule has 3 nitrogen and oxygen atoms in total. The van der Waals surface area contributed by atoms with Gasteiger partial charge in [0.1, 0.15) is 0 Å². The van der Waals surface area contributed by atoms with Gasteiger partial charge in [-0.2, -0.15) is 5.10 Å². The predicted octanol–water partition coefficient (Wildman–Crippen LogP) is 2.44. The van der Waals surface area contributed by atoms with Crippen LogP contribution in [0.3, 0.4) is 0 Å². The monoisotopic (exact) mass is 239 g/mol. The third-order valence-electron chi connectivity index (χ3n) is 2.79. The average Bonchev–Trinajstić information content (AvgIpc) is 2.61. The highest BCUT2D eigenvalue weighted by atomic mass is 32.2. The van der Waals surface area contributed by atoms with E-state index in [-0.39, 0.29) is 5.41 Å². The van der Waals surface area contributed by atoms with Crippen molar-refractivity contribution in [2.75, 3.05) is 12.3 Å². The van der Waals surface area contributed by atoms with Crippen LogP contribution in [-0.2, 0) is 12.5 Å². The fourth-order valence-electron chi connectivity index (χ4n) is 2.05. The van der Waals surface area contributed by atoms with Crippen LogP contribution >= 0.6 is 11.8 Å². The van der Waals surface area contributed by atoms with Crippen LogP contribution in [0, 0.1) is 0 Å². The first-order chi connectivity index (χ1) is 7.48. The number of aryl methyl sites for hydroxylation is 1. The fourth-order valence-corrected chi connectivity index (χ4v) is 3.18. The Labute approximate surface area is 102 Å². The molecule has 16 heavy (non-hydrogen) atoms. The molecule has 0 saturated carbocycles. The summed E-state index contributed by atoms with van der Waals surface area (Å²) < 4.78 is 1.94. The van der Waals surface area contributed by atoms with Gasteiger partial charge in [0.15, 0.2) is 0 Å². The van der Waals surface area contributed by atoms with Gasteiger partial charge in [-0.3, -0.25) is 4.68 Å². The molecule has 1 aliphatic heterocycles. The van der Waals surface area contributed by atoms with Gasteiger partial charge in [-0.1, -0.05) is 20.8 Å². The van der Waals surface area contributed by atoms with Crippen LogP contribution in [-0.4, -0.2) is 22.1 Å². The third kappa shape index (κ3) is 2.43. The van der Waals surface area contributed by atoms with E-state index in [9.17, 15) is 0 Å². The van der Waals surface area contributed by atoms with E-state index >= 15 is 0 Å². The van der Waals surface area contributed by atoms with Gasteiger partial charge in [-0.15, -0.1) is 11.8 Å². The lowest BCUT2D eigenvalue weighted by Crippen LogP contribution is -2.27. The summed E-state index contributed by atoms with van der Waals surface area (Å²) in [7, 11) is 2.01. The first-order valence-electron chi connectivity index (χ1n) is 5.87.